The van der Waals surface area contributed by atoms with Gasteiger partial charge < -0.3 is 11.1 Å². The smallest absolute Gasteiger partial charge is 0.248 e. The molecule has 0 bridgehead atoms. The van der Waals surface area contributed by atoms with E-state index in [-0.39, 0.29) is 11.9 Å². The average molecular weight is 408 g/mol. The van der Waals surface area contributed by atoms with Crippen LogP contribution in [0.3, 0.4) is 0 Å². The summed E-state index contributed by atoms with van der Waals surface area (Å²) >= 11 is 0. The van der Waals surface area contributed by atoms with Gasteiger partial charge in [-0.1, -0.05) is 50.2 Å². The maximum absolute atomic E-state index is 12.7. The van der Waals surface area contributed by atoms with Gasteiger partial charge in [0.25, 0.3) is 0 Å². The Hall–Kier alpha value is -2.66. The fourth-order valence-electron chi connectivity index (χ4n) is 3.73. The van der Waals surface area contributed by atoms with Crippen molar-refractivity contribution in [3.05, 3.63) is 70.8 Å². The first-order chi connectivity index (χ1) is 14.3. The summed E-state index contributed by atoms with van der Waals surface area (Å²) in [7, 11) is 0. The molecule has 1 atom stereocenters. The van der Waals surface area contributed by atoms with Crippen molar-refractivity contribution in [2.45, 2.75) is 58.7 Å². The number of nitrogens with one attached hydrogen (secondary N) is 1. The Morgan fingerprint density at radius 2 is 1.60 bits per heavy atom. The molecule has 1 aliphatic rings. The Labute approximate surface area is 179 Å². The lowest BCUT2D eigenvalue weighted by Gasteiger charge is -2.23. The number of carbonyl (C=O) groups excluding carboxylic acids is 2. The maximum atomic E-state index is 12.7. The van der Waals surface area contributed by atoms with Crippen LogP contribution in [-0.4, -0.2) is 29.3 Å². The van der Waals surface area contributed by atoms with Crippen molar-refractivity contribution >= 4 is 11.8 Å². The molecule has 1 aliphatic carbocycles. The van der Waals surface area contributed by atoms with Crippen LogP contribution in [0.4, 0.5) is 0 Å². The van der Waals surface area contributed by atoms with Crippen molar-refractivity contribution in [1.82, 2.24) is 10.2 Å². The van der Waals surface area contributed by atoms with E-state index in [1.165, 1.54) is 5.56 Å². The van der Waals surface area contributed by atoms with Gasteiger partial charge in [0.05, 0.1) is 12.6 Å². The van der Waals surface area contributed by atoms with Gasteiger partial charge in [-0.15, -0.1) is 0 Å². The molecule has 0 radical (unpaired) electrons. The first-order valence-electron chi connectivity index (χ1n) is 10.8. The van der Waals surface area contributed by atoms with Gasteiger partial charge in [0.2, 0.25) is 11.8 Å². The van der Waals surface area contributed by atoms with Crippen LogP contribution in [0.5, 0.6) is 0 Å². The zero-order valence-electron chi connectivity index (χ0n) is 18.2. The Morgan fingerprint density at radius 1 is 1.00 bits per heavy atom. The third-order valence-electron chi connectivity index (χ3n) is 5.54. The molecule has 5 nitrogen and oxygen atoms in total. The summed E-state index contributed by atoms with van der Waals surface area (Å²) in [6, 6.07) is 16.3. The number of hydrogen-bond acceptors (Lipinski definition) is 3. The van der Waals surface area contributed by atoms with Crippen LogP contribution in [0.25, 0.3) is 0 Å². The molecule has 0 aliphatic heterocycles. The van der Waals surface area contributed by atoms with Gasteiger partial charge in [-0.3, -0.25) is 14.5 Å². The minimum absolute atomic E-state index is 0.0264. The quantitative estimate of drug-likeness (QED) is 0.629. The van der Waals surface area contributed by atoms with Crippen molar-refractivity contribution < 1.29 is 9.59 Å². The minimum atomic E-state index is -0.425. The van der Waals surface area contributed by atoms with E-state index >= 15 is 0 Å². The number of carbonyl (C=O) groups is 2. The van der Waals surface area contributed by atoms with Gasteiger partial charge in [0, 0.05) is 18.2 Å². The summed E-state index contributed by atoms with van der Waals surface area (Å²) in [6.07, 6.45) is 3.32. The van der Waals surface area contributed by atoms with Gasteiger partial charge >= 0.3 is 0 Å². The van der Waals surface area contributed by atoms with Crippen molar-refractivity contribution in [1.29, 1.82) is 0 Å². The fraction of sp³-hybridized carbons (Fsp3) is 0.440. The molecule has 0 unspecified atom stereocenters. The Kier molecular flexibility index (Phi) is 7.27. The summed E-state index contributed by atoms with van der Waals surface area (Å²) in [5, 5.41) is 3.14. The van der Waals surface area contributed by atoms with E-state index in [2.05, 4.69) is 48.3 Å². The van der Waals surface area contributed by atoms with E-state index in [4.69, 9.17) is 5.73 Å². The number of rotatable bonds is 10. The molecular formula is C25H33N3O2. The highest BCUT2D eigenvalue weighted by atomic mass is 16.2. The van der Waals surface area contributed by atoms with Gasteiger partial charge in [-0.25, -0.2) is 0 Å². The zero-order valence-corrected chi connectivity index (χ0v) is 18.2. The standard InChI is InChI=1S/C25H33N3O2/c1-17(2)14-19-4-8-21(9-5-19)18(3)27-24(29)16-28(23-12-13-23)15-20-6-10-22(11-7-20)25(26)30/h4-11,17-18,23H,12-16H2,1-3H3,(H2,26,30)(H,27,29)/t18-/m0/s1. The predicted molar refractivity (Wildman–Crippen MR) is 120 cm³/mol. The third kappa shape index (κ3) is 6.42. The lowest BCUT2D eigenvalue weighted by atomic mass is 10.00. The number of amides is 2. The van der Waals surface area contributed by atoms with Crippen molar-refractivity contribution in [2.75, 3.05) is 6.54 Å². The van der Waals surface area contributed by atoms with Gasteiger partial charge in [0.15, 0.2) is 0 Å². The number of hydrogen-bond donors (Lipinski definition) is 2. The summed E-state index contributed by atoms with van der Waals surface area (Å²) in [5.74, 6) is 0.244. The van der Waals surface area contributed by atoms with Crippen LogP contribution in [0.2, 0.25) is 0 Å². The topological polar surface area (TPSA) is 75.4 Å². The van der Waals surface area contributed by atoms with Crippen molar-refractivity contribution in [3.63, 3.8) is 0 Å². The van der Waals surface area contributed by atoms with Crippen LogP contribution in [-0.2, 0) is 17.8 Å². The summed E-state index contributed by atoms with van der Waals surface area (Å²) in [5.41, 5.74) is 9.34. The summed E-state index contributed by atoms with van der Waals surface area (Å²) in [6.45, 7) is 7.52. The molecule has 0 saturated heterocycles. The van der Waals surface area contributed by atoms with E-state index in [0.717, 1.165) is 30.4 Å². The molecular weight excluding hydrogens is 374 g/mol. The Balaban J connectivity index is 1.55. The average Bonchev–Trinajstić information content (AvgIpc) is 3.53. The third-order valence-corrected chi connectivity index (χ3v) is 5.54. The lowest BCUT2D eigenvalue weighted by Crippen LogP contribution is -2.39. The first-order valence-corrected chi connectivity index (χ1v) is 10.8. The number of nitrogens with two attached hydrogens (primary N) is 1. The van der Waals surface area contributed by atoms with Crippen LogP contribution in [0.1, 0.15) is 66.7 Å². The molecule has 0 heterocycles. The second-order valence-electron chi connectivity index (χ2n) is 8.83. The summed E-state index contributed by atoms with van der Waals surface area (Å²) < 4.78 is 0. The van der Waals surface area contributed by atoms with Crippen LogP contribution >= 0.6 is 0 Å². The molecule has 0 spiro atoms. The molecule has 0 aromatic heterocycles. The molecule has 3 N–H and O–H groups in total. The highest BCUT2D eigenvalue weighted by Gasteiger charge is 2.30. The molecule has 2 aromatic carbocycles. The SMILES string of the molecule is CC(C)Cc1ccc([C@H](C)NC(=O)CN(Cc2ccc(C(N)=O)cc2)C2CC2)cc1. The normalized spacial score (nSPS) is 14.7. The predicted octanol–water partition coefficient (Wildman–Crippen LogP) is 3.83. The largest absolute Gasteiger partial charge is 0.366 e. The van der Waals surface area contributed by atoms with E-state index < -0.39 is 5.91 Å². The molecule has 30 heavy (non-hydrogen) atoms. The molecule has 1 saturated carbocycles. The summed E-state index contributed by atoms with van der Waals surface area (Å²) in [4.78, 5) is 26.2. The second-order valence-corrected chi connectivity index (χ2v) is 8.83. The highest BCUT2D eigenvalue weighted by Crippen LogP contribution is 2.28. The monoisotopic (exact) mass is 407 g/mol. The van der Waals surface area contributed by atoms with E-state index in [0.29, 0.717) is 30.6 Å². The molecule has 2 amide bonds. The molecule has 2 aromatic rings. The molecule has 1 fully saturated rings. The van der Waals surface area contributed by atoms with Gasteiger partial charge in [0.1, 0.15) is 0 Å². The molecule has 160 valence electrons. The van der Waals surface area contributed by atoms with E-state index in [9.17, 15) is 9.59 Å². The second kappa shape index (κ2) is 9.90. The molecule has 5 heteroatoms. The Morgan fingerprint density at radius 3 is 2.13 bits per heavy atom. The van der Waals surface area contributed by atoms with Crippen LogP contribution in [0, 0.1) is 5.92 Å². The van der Waals surface area contributed by atoms with Crippen molar-refractivity contribution in [3.8, 4) is 0 Å². The zero-order chi connectivity index (χ0) is 21.7. The van der Waals surface area contributed by atoms with Crippen LogP contribution in [0.15, 0.2) is 48.5 Å². The Bertz CT molecular complexity index is 855. The highest BCUT2D eigenvalue weighted by molar-refractivity contribution is 5.92. The van der Waals surface area contributed by atoms with E-state index in [1.807, 2.05) is 19.1 Å². The van der Waals surface area contributed by atoms with Gasteiger partial charge in [-0.05, 0) is 60.9 Å². The number of benzene rings is 2. The minimum Gasteiger partial charge on any atom is -0.366 e. The molecule has 3 rings (SSSR count). The van der Waals surface area contributed by atoms with Gasteiger partial charge in [-0.2, -0.15) is 0 Å². The van der Waals surface area contributed by atoms with E-state index in [1.54, 1.807) is 12.1 Å². The number of nitrogens with zero attached hydrogens (tertiary/aromatic N) is 1. The maximum Gasteiger partial charge on any atom is 0.248 e. The fourth-order valence-corrected chi connectivity index (χ4v) is 3.73. The van der Waals surface area contributed by atoms with Crippen LogP contribution < -0.4 is 11.1 Å². The lowest BCUT2D eigenvalue weighted by molar-refractivity contribution is -0.123. The number of primary amides is 1. The van der Waals surface area contributed by atoms with Crippen molar-refractivity contribution in [2.24, 2.45) is 11.7 Å². The first kappa shape index (κ1) is 22.0.